The Balaban J connectivity index is 1.10. The van der Waals surface area contributed by atoms with Gasteiger partial charge in [-0.05, 0) is 156 Å². The predicted molar refractivity (Wildman–Crippen MR) is 197 cm³/mol. The number of fused-ring (bicyclic) bond motifs is 5. The number of carbonyl (C=O) groups is 1. The van der Waals surface area contributed by atoms with Gasteiger partial charge in [0.1, 0.15) is 6.10 Å². The van der Waals surface area contributed by atoms with Gasteiger partial charge in [0.15, 0.2) is 0 Å². The molecule has 7 heteroatoms. The number of alkyl carbamates (subject to hydrolysis) is 1. The number of allylic oxidation sites excluding steroid dienone is 1. The molecule has 272 valence electrons. The zero-order valence-electron chi connectivity index (χ0n) is 31.3. The number of unbranched alkanes of at least 4 members (excludes halogenated alkanes) is 1. The highest BCUT2D eigenvalue weighted by molar-refractivity contribution is 5.67. The Labute approximate surface area is 289 Å². The van der Waals surface area contributed by atoms with Crippen LogP contribution in [0.4, 0.5) is 4.79 Å². The Hall–Kier alpha value is -1.15. The Morgan fingerprint density at radius 2 is 1.53 bits per heavy atom. The van der Waals surface area contributed by atoms with Crippen molar-refractivity contribution in [2.45, 2.75) is 137 Å². The Morgan fingerprint density at radius 3 is 2.26 bits per heavy atom. The van der Waals surface area contributed by atoms with E-state index in [4.69, 9.17) is 10.5 Å². The van der Waals surface area contributed by atoms with Gasteiger partial charge >= 0.3 is 6.09 Å². The topological polar surface area (TPSA) is 100 Å². The van der Waals surface area contributed by atoms with E-state index in [0.29, 0.717) is 17.4 Å². The number of nitrogens with two attached hydrogens (primary N) is 1. The van der Waals surface area contributed by atoms with Crippen LogP contribution in [0.1, 0.15) is 131 Å². The van der Waals surface area contributed by atoms with Crippen molar-refractivity contribution >= 4 is 6.09 Å². The summed E-state index contributed by atoms with van der Waals surface area (Å²) in [6.07, 6.45) is 21.2. The standard InChI is InChI=1S/C40H75N5O2/c1-30(2)11-8-12-31(3)35-15-16-36-34-14-13-32-29-33(17-19-39(32,4)37(34)18-20-40(35,36)5)47-38(46)45-28-27-44-26-10-25-43-23-7-6-22-42-24-9-21-41/h13,30-31,33-37,42-44H,6-12,14-29,41H2,1-5H3,(H,45,46)/t31-,33+,34+,35-,36+,37+,39+,40-/m1/s1. The minimum atomic E-state index is -0.248. The third kappa shape index (κ3) is 10.7. The van der Waals surface area contributed by atoms with Gasteiger partial charge in [0.05, 0.1) is 0 Å². The van der Waals surface area contributed by atoms with E-state index in [1.54, 1.807) is 5.57 Å². The lowest BCUT2D eigenvalue weighted by Crippen LogP contribution is -2.51. The first-order valence-electron chi connectivity index (χ1n) is 20.1. The molecule has 1 amide bonds. The summed E-state index contributed by atoms with van der Waals surface area (Å²) < 4.78 is 5.97. The number of hydrogen-bond donors (Lipinski definition) is 5. The van der Waals surface area contributed by atoms with E-state index in [1.807, 2.05) is 0 Å². The molecule has 0 aromatic carbocycles. The van der Waals surface area contributed by atoms with Gasteiger partial charge in [-0.2, -0.15) is 0 Å². The smallest absolute Gasteiger partial charge is 0.407 e. The molecule has 6 N–H and O–H groups in total. The molecule has 0 aromatic rings. The molecule has 4 aliphatic carbocycles. The van der Waals surface area contributed by atoms with E-state index in [-0.39, 0.29) is 12.2 Å². The summed E-state index contributed by atoms with van der Waals surface area (Å²) in [7, 11) is 0. The number of rotatable bonds is 21. The summed E-state index contributed by atoms with van der Waals surface area (Å²) >= 11 is 0. The molecule has 0 heterocycles. The molecular formula is C40H75N5O2. The van der Waals surface area contributed by atoms with E-state index in [2.05, 4.69) is 62.0 Å². The average molecular weight is 658 g/mol. The van der Waals surface area contributed by atoms with Gasteiger partial charge in [-0.25, -0.2) is 4.79 Å². The molecule has 47 heavy (non-hydrogen) atoms. The van der Waals surface area contributed by atoms with E-state index < -0.39 is 0 Å². The molecule has 0 spiro atoms. The molecule has 0 aromatic heterocycles. The second-order valence-electron chi connectivity index (χ2n) is 16.9. The van der Waals surface area contributed by atoms with Crippen LogP contribution in [0.2, 0.25) is 0 Å². The van der Waals surface area contributed by atoms with E-state index in [9.17, 15) is 4.79 Å². The van der Waals surface area contributed by atoms with Crippen LogP contribution in [-0.4, -0.2) is 64.6 Å². The highest BCUT2D eigenvalue weighted by atomic mass is 16.6. The lowest BCUT2D eigenvalue weighted by Gasteiger charge is -2.58. The molecule has 0 radical (unpaired) electrons. The van der Waals surface area contributed by atoms with Gasteiger partial charge in [-0.3, -0.25) is 0 Å². The van der Waals surface area contributed by atoms with Crippen molar-refractivity contribution in [2.75, 3.05) is 52.4 Å². The first-order valence-corrected chi connectivity index (χ1v) is 20.1. The first kappa shape index (κ1) is 38.6. The van der Waals surface area contributed by atoms with Crippen molar-refractivity contribution in [3.05, 3.63) is 11.6 Å². The number of amides is 1. The number of carbonyl (C=O) groups excluding carboxylic acids is 1. The molecule has 0 aliphatic heterocycles. The SMILES string of the molecule is CC(C)CCC[C@@H](C)[C@H]1CC[C@H]2[C@@H]3CC=C4C[C@@H](OC(=O)NCCNCCCNCCCCNCCCN)CC[C@]4(C)[C@H]3CC[C@]12C. The number of nitrogens with one attached hydrogen (secondary N) is 4. The molecule has 0 unspecified atom stereocenters. The fourth-order valence-corrected chi connectivity index (χ4v) is 10.6. The van der Waals surface area contributed by atoms with Crippen LogP contribution in [0, 0.1) is 46.3 Å². The molecule has 0 saturated heterocycles. The second-order valence-corrected chi connectivity index (χ2v) is 16.9. The van der Waals surface area contributed by atoms with Crippen LogP contribution in [0.25, 0.3) is 0 Å². The first-order chi connectivity index (χ1) is 22.7. The highest BCUT2D eigenvalue weighted by Gasteiger charge is 2.59. The van der Waals surface area contributed by atoms with Gasteiger partial charge in [-0.1, -0.05) is 65.5 Å². The van der Waals surface area contributed by atoms with Gasteiger partial charge in [0, 0.05) is 19.5 Å². The normalized spacial score (nSPS) is 32.3. The van der Waals surface area contributed by atoms with Crippen LogP contribution in [0.15, 0.2) is 11.6 Å². The molecule has 3 saturated carbocycles. The quantitative estimate of drug-likeness (QED) is 0.0651. The van der Waals surface area contributed by atoms with Gasteiger partial charge in [0.25, 0.3) is 0 Å². The summed E-state index contributed by atoms with van der Waals surface area (Å²) in [4.78, 5) is 12.7. The van der Waals surface area contributed by atoms with Crippen molar-refractivity contribution in [3.63, 3.8) is 0 Å². The Bertz CT molecular complexity index is 957. The van der Waals surface area contributed by atoms with Crippen LogP contribution in [0.3, 0.4) is 0 Å². The lowest BCUT2D eigenvalue weighted by atomic mass is 9.47. The molecule has 3 fully saturated rings. The fraction of sp³-hybridized carbons (Fsp3) is 0.925. The lowest BCUT2D eigenvalue weighted by molar-refractivity contribution is -0.0581. The number of hydrogen-bond acceptors (Lipinski definition) is 6. The molecule has 4 rings (SSSR count). The van der Waals surface area contributed by atoms with Gasteiger partial charge in [0.2, 0.25) is 0 Å². The van der Waals surface area contributed by atoms with Crippen molar-refractivity contribution in [3.8, 4) is 0 Å². The molecule has 0 bridgehead atoms. The van der Waals surface area contributed by atoms with Crippen LogP contribution < -0.4 is 27.0 Å². The maximum atomic E-state index is 12.7. The monoisotopic (exact) mass is 658 g/mol. The predicted octanol–water partition coefficient (Wildman–Crippen LogP) is 7.41. The molecule has 7 nitrogen and oxygen atoms in total. The van der Waals surface area contributed by atoms with E-state index in [1.165, 1.54) is 64.2 Å². The minimum Gasteiger partial charge on any atom is -0.446 e. The van der Waals surface area contributed by atoms with Crippen molar-refractivity contribution in [2.24, 2.45) is 52.1 Å². The largest absolute Gasteiger partial charge is 0.446 e. The summed E-state index contributed by atoms with van der Waals surface area (Å²) in [6, 6.07) is 0. The van der Waals surface area contributed by atoms with E-state index >= 15 is 0 Å². The second kappa shape index (κ2) is 19.3. The Morgan fingerprint density at radius 1 is 0.830 bits per heavy atom. The van der Waals surface area contributed by atoms with Crippen molar-refractivity contribution < 1.29 is 9.53 Å². The maximum Gasteiger partial charge on any atom is 0.407 e. The zero-order chi connectivity index (χ0) is 33.7. The summed E-state index contributed by atoms with van der Waals surface area (Å²) in [5.74, 6) is 5.15. The van der Waals surface area contributed by atoms with Gasteiger partial charge < -0.3 is 31.7 Å². The van der Waals surface area contributed by atoms with Crippen molar-refractivity contribution in [1.29, 1.82) is 0 Å². The third-order valence-corrected chi connectivity index (χ3v) is 13.3. The third-order valence-electron chi connectivity index (χ3n) is 13.3. The minimum absolute atomic E-state index is 0.0167. The zero-order valence-corrected chi connectivity index (χ0v) is 31.3. The average Bonchev–Trinajstić information content (AvgIpc) is 3.40. The van der Waals surface area contributed by atoms with Gasteiger partial charge in [-0.15, -0.1) is 0 Å². The molecule has 8 atom stereocenters. The van der Waals surface area contributed by atoms with E-state index in [0.717, 1.165) is 113 Å². The summed E-state index contributed by atoms with van der Waals surface area (Å²) in [6.45, 7) is 19.9. The van der Waals surface area contributed by atoms with Crippen LogP contribution in [-0.2, 0) is 4.74 Å². The van der Waals surface area contributed by atoms with Crippen LogP contribution in [0.5, 0.6) is 0 Å². The molecule has 4 aliphatic rings. The maximum absolute atomic E-state index is 12.7. The highest BCUT2D eigenvalue weighted by Crippen LogP contribution is 2.67. The Kier molecular flexibility index (Phi) is 15.9. The number of ether oxygens (including phenoxy) is 1. The summed E-state index contributed by atoms with van der Waals surface area (Å²) in [5, 5.41) is 13.4. The summed E-state index contributed by atoms with van der Waals surface area (Å²) in [5.41, 5.74) is 7.93. The fourth-order valence-electron chi connectivity index (χ4n) is 10.6. The molecular weight excluding hydrogens is 582 g/mol. The van der Waals surface area contributed by atoms with Crippen molar-refractivity contribution in [1.82, 2.24) is 21.3 Å². The van der Waals surface area contributed by atoms with Crippen LogP contribution >= 0.6 is 0 Å².